The summed E-state index contributed by atoms with van der Waals surface area (Å²) < 4.78 is 58.5. The number of aryl methyl sites for hydroxylation is 2. The van der Waals surface area contributed by atoms with Crippen LogP contribution < -0.4 is 9.47 Å². The average molecular weight is 620 g/mol. The van der Waals surface area contributed by atoms with E-state index in [0.717, 1.165) is 14.0 Å². The third-order valence-electron chi connectivity index (χ3n) is 5.96. The molecule has 0 saturated heterocycles. The van der Waals surface area contributed by atoms with E-state index in [0.29, 0.717) is 28.9 Å². The van der Waals surface area contributed by atoms with E-state index in [1.54, 1.807) is 30.5 Å². The first-order valence-corrected chi connectivity index (χ1v) is 13.9. The maximum absolute atomic E-state index is 16.1. The third-order valence-corrected chi connectivity index (χ3v) is 8.15. The number of ether oxygens (including phenoxy) is 2. The first-order chi connectivity index (χ1) is 17.3. The molecule has 0 aliphatic rings. The molecule has 4 aromatic heterocycles. The number of alkyl halides is 1. The highest BCUT2D eigenvalue weighted by Gasteiger charge is 2.31. The predicted molar refractivity (Wildman–Crippen MR) is 144 cm³/mol. The number of aromatic nitrogens is 4. The molecule has 36 heavy (non-hydrogen) atoms. The van der Waals surface area contributed by atoms with Gasteiger partial charge in [0.05, 0.1) is 30.0 Å². The Labute approximate surface area is 220 Å². The first-order valence-electron chi connectivity index (χ1n) is 11.0. The van der Waals surface area contributed by atoms with Crippen molar-refractivity contribution in [3.05, 3.63) is 66.2 Å². The van der Waals surface area contributed by atoms with Crippen molar-refractivity contribution in [1.29, 1.82) is 0 Å². The molecule has 0 unspecified atom stereocenters. The smallest absolute Gasteiger partial charge is 0.270 e. The van der Waals surface area contributed by atoms with Crippen LogP contribution in [0.3, 0.4) is 0 Å². The quantitative estimate of drug-likeness (QED) is 0.184. The molecule has 1 aromatic carbocycles. The van der Waals surface area contributed by atoms with Crippen molar-refractivity contribution in [2.24, 2.45) is 0 Å². The summed E-state index contributed by atoms with van der Waals surface area (Å²) in [4.78, 5) is 8.88. The summed E-state index contributed by atoms with van der Waals surface area (Å²) in [6.45, 7) is 2.46. The van der Waals surface area contributed by atoms with Crippen molar-refractivity contribution in [2.45, 2.75) is 18.4 Å². The Bertz CT molecular complexity index is 1710. The number of halogens is 2. The van der Waals surface area contributed by atoms with Crippen molar-refractivity contribution >= 4 is 54.7 Å². The lowest BCUT2D eigenvalue weighted by molar-refractivity contribution is 0.344. The van der Waals surface area contributed by atoms with Gasteiger partial charge in [-0.15, -0.1) is 0 Å². The van der Waals surface area contributed by atoms with Gasteiger partial charge in [0.15, 0.2) is 17.2 Å². The minimum atomic E-state index is -4.22. The summed E-state index contributed by atoms with van der Waals surface area (Å²) in [5, 5.41) is 0.0958. The SMILES string of the molecule is COc1cc2c(nc1OC)c(-c1c(F)c3cccnc3n1S(=O)(=O)c1ccc(C)cc1)cn2CCI. The summed E-state index contributed by atoms with van der Waals surface area (Å²) in [5.74, 6) is -0.0701. The molecule has 0 amide bonds. The first kappa shape index (κ1) is 24.5. The lowest BCUT2D eigenvalue weighted by atomic mass is 10.2. The molecular formula is C25H22FIN4O4S. The van der Waals surface area contributed by atoms with Crippen molar-refractivity contribution < 1.29 is 22.3 Å². The number of hydrogen-bond acceptors (Lipinski definition) is 6. The molecule has 0 saturated carbocycles. The van der Waals surface area contributed by atoms with Crippen LogP contribution in [0.1, 0.15) is 5.56 Å². The maximum atomic E-state index is 16.1. The van der Waals surface area contributed by atoms with Crippen LogP contribution in [-0.2, 0) is 16.6 Å². The van der Waals surface area contributed by atoms with Gasteiger partial charge in [-0.25, -0.2) is 26.7 Å². The second-order valence-corrected chi connectivity index (χ2v) is 11.0. The number of pyridine rings is 2. The number of benzene rings is 1. The molecule has 0 fully saturated rings. The van der Waals surface area contributed by atoms with Crippen molar-refractivity contribution in [1.82, 2.24) is 18.5 Å². The standard InChI is InChI=1S/C25H22FIN4O4S/c1-15-6-8-16(9-7-15)36(32,33)31-23(21(26)17-5-4-11-28-24(17)31)18-14-30(12-10-27)19-13-20(34-2)25(35-3)29-22(18)19/h4-9,11,13-14H,10,12H2,1-3H3. The molecule has 5 aromatic rings. The fourth-order valence-corrected chi connectivity index (χ4v) is 6.25. The molecule has 0 spiro atoms. The maximum Gasteiger partial charge on any atom is 0.270 e. The van der Waals surface area contributed by atoms with Crippen LogP contribution in [0.2, 0.25) is 0 Å². The Kier molecular flexibility index (Phi) is 6.37. The Balaban J connectivity index is 1.91. The van der Waals surface area contributed by atoms with Crippen LogP contribution in [-0.4, -0.2) is 45.6 Å². The molecule has 0 N–H and O–H groups in total. The van der Waals surface area contributed by atoms with Gasteiger partial charge in [0.1, 0.15) is 11.2 Å². The number of methoxy groups -OCH3 is 2. The van der Waals surface area contributed by atoms with Crippen LogP contribution in [0.25, 0.3) is 33.3 Å². The lowest BCUT2D eigenvalue weighted by Gasteiger charge is -2.12. The van der Waals surface area contributed by atoms with E-state index in [1.165, 1.54) is 38.6 Å². The molecule has 0 bridgehead atoms. The largest absolute Gasteiger partial charge is 0.491 e. The molecule has 186 valence electrons. The Hall–Kier alpha value is -3.19. The number of hydrogen-bond donors (Lipinski definition) is 0. The van der Waals surface area contributed by atoms with Crippen LogP contribution in [0.4, 0.5) is 4.39 Å². The summed E-state index contributed by atoms with van der Waals surface area (Å²) in [6, 6.07) is 11.3. The van der Waals surface area contributed by atoms with Gasteiger partial charge in [-0.2, -0.15) is 0 Å². The van der Waals surface area contributed by atoms with Gasteiger partial charge in [-0.1, -0.05) is 40.3 Å². The number of rotatable bonds is 7. The fraction of sp³-hybridized carbons (Fsp3) is 0.200. The van der Waals surface area contributed by atoms with Crippen molar-refractivity contribution in [3.63, 3.8) is 0 Å². The van der Waals surface area contributed by atoms with E-state index in [1.807, 2.05) is 11.5 Å². The second-order valence-electron chi connectivity index (χ2n) is 8.11. The highest BCUT2D eigenvalue weighted by Crippen LogP contribution is 2.40. The topological polar surface area (TPSA) is 88.2 Å². The van der Waals surface area contributed by atoms with Gasteiger partial charge in [0.25, 0.3) is 15.9 Å². The minimum absolute atomic E-state index is 0.000781. The van der Waals surface area contributed by atoms with Gasteiger partial charge < -0.3 is 14.0 Å². The summed E-state index contributed by atoms with van der Waals surface area (Å²) in [5.41, 5.74) is 2.13. The van der Waals surface area contributed by atoms with Crippen LogP contribution >= 0.6 is 22.6 Å². The van der Waals surface area contributed by atoms with Gasteiger partial charge >= 0.3 is 0 Å². The zero-order chi connectivity index (χ0) is 25.6. The predicted octanol–water partition coefficient (Wildman–Crippen LogP) is 5.19. The Morgan fingerprint density at radius 2 is 1.86 bits per heavy atom. The van der Waals surface area contributed by atoms with Crippen LogP contribution in [0, 0.1) is 12.7 Å². The van der Waals surface area contributed by atoms with Crippen molar-refractivity contribution in [3.8, 4) is 22.9 Å². The molecule has 0 radical (unpaired) electrons. The summed E-state index contributed by atoms with van der Waals surface area (Å²) in [6.07, 6.45) is 3.16. The zero-order valence-corrected chi connectivity index (χ0v) is 22.7. The van der Waals surface area contributed by atoms with Crippen molar-refractivity contribution in [2.75, 3.05) is 18.6 Å². The van der Waals surface area contributed by atoms with E-state index < -0.39 is 15.8 Å². The number of nitrogens with zero attached hydrogens (tertiary/aromatic N) is 4. The van der Waals surface area contributed by atoms with E-state index in [2.05, 4.69) is 32.6 Å². The average Bonchev–Trinajstić information content (AvgIpc) is 3.38. The molecule has 5 rings (SSSR count). The minimum Gasteiger partial charge on any atom is -0.491 e. The Morgan fingerprint density at radius 3 is 2.53 bits per heavy atom. The van der Waals surface area contributed by atoms with E-state index >= 15 is 4.39 Å². The van der Waals surface area contributed by atoms with Crippen LogP contribution in [0.15, 0.2) is 59.8 Å². The van der Waals surface area contributed by atoms with Gasteiger partial charge in [-0.05, 0) is 31.2 Å². The molecule has 8 nitrogen and oxygen atoms in total. The van der Waals surface area contributed by atoms with Crippen LogP contribution in [0.5, 0.6) is 11.6 Å². The molecule has 0 atom stereocenters. The van der Waals surface area contributed by atoms with E-state index in [-0.39, 0.29) is 27.5 Å². The zero-order valence-electron chi connectivity index (χ0n) is 19.7. The molecular weight excluding hydrogens is 598 g/mol. The third kappa shape index (κ3) is 3.81. The van der Waals surface area contributed by atoms with Gasteiger partial charge in [0, 0.05) is 35.0 Å². The molecule has 11 heteroatoms. The second kappa shape index (κ2) is 9.36. The van der Waals surface area contributed by atoms with E-state index in [9.17, 15) is 8.42 Å². The highest BCUT2D eigenvalue weighted by atomic mass is 127. The normalized spacial score (nSPS) is 11.9. The monoisotopic (exact) mass is 620 g/mol. The van der Waals surface area contributed by atoms with E-state index in [4.69, 9.17) is 9.47 Å². The molecule has 0 aliphatic carbocycles. The fourth-order valence-electron chi connectivity index (χ4n) is 4.24. The van der Waals surface area contributed by atoms with Gasteiger partial charge in [0.2, 0.25) is 0 Å². The number of fused-ring (bicyclic) bond motifs is 2. The summed E-state index contributed by atoms with van der Waals surface area (Å²) >= 11 is 2.25. The highest BCUT2D eigenvalue weighted by molar-refractivity contribution is 14.1. The Morgan fingerprint density at radius 1 is 1.11 bits per heavy atom. The summed E-state index contributed by atoms with van der Waals surface area (Å²) in [7, 11) is -1.25. The van der Waals surface area contributed by atoms with Gasteiger partial charge in [-0.3, -0.25) is 0 Å². The molecule has 4 heterocycles. The molecule has 0 aliphatic heterocycles. The lowest BCUT2D eigenvalue weighted by Crippen LogP contribution is -2.15.